The average molecular weight is 584 g/mol. The molecular weight excluding hydrogens is 565 g/mol. The van der Waals surface area contributed by atoms with E-state index in [0.29, 0.717) is 26.3 Å². The summed E-state index contributed by atoms with van der Waals surface area (Å²) in [6, 6.07) is 16.2. The number of nitrogens with one attached hydrogen (secondary N) is 2. The molecule has 0 atom stereocenters. The van der Waals surface area contributed by atoms with Crippen LogP contribution in [0.2, 0.25) is 10.0 Å². The van der Waals surface area contributed by atoms with E-state index >= 15 is 0 Å². The van der Waals surface area contributed by atoms with Crippen molar-refractivity contribution in [2.24, 2.45) is 0 Å². The Morgan fingerprint density at radius 3 is 1.73 bits per heavy atom. The van der Waals surface area contributed by atoms with Crippen molar-refractivity contribution in [1.82, 2.24) is 4.90 Å². The van der Waals surface area contributed by atoms with Crippen molar-refractivity contribution in [3.63, 3.8) is 0 Å². The zero-order chi connectivity index (χ0) is 28.8. The maximum atomic E-state index is 12.8. The molecule has 3 aromatic rings. The molecule has 0 saturated heterocycles. The first kappa shape index (κ1) is 28.3. The summed E-state index contributed by atoms with van der Waals surface area (Å²) in [5.41, 5.74) is 0.645. The highest BCUT2D eigenvalue weighted by molar-refractivity contribution is 6.31. The molecule has 0 radical (unpaired) electrons. The highest BCUT2D eigenvalue weighted by Crippen LogP contribution is 2.24. The third-order valence-corrected chi connectivity index (χ3v) is 5.95. The fourth-order valence-electron chi connectivity index (χ4n) is 3.56. The fourth-order valence-corrected chi connectivity index (χ4v) is 3.81. The molecule has 0 spiro atoms. The topological polar surface area (TPSA) is 148 Å². The van der Waals surface area contributed by atoms with Gasteiger partial charge in [0.05, 0.1) is 16.7 Å². The summed E-state index contributed by atoms with van der Waals surface area (Å²) in [5.74, 6) is -4.74. The predicted molar refractivity (Wildman–Crippen MR) is 143 cm³/mol. The SMILES string of the molecule is O=C(COC(=O)CN1C(=O)c2ccc(C(=O)OCC(=O)Nc3ccc(Cl)cc3)cc2C1=O)Nc1ccc(Cl)cc1. The number of imide groups is 1. The molecule has 4 rings (SSSR count). The molecule has 0 aromatic heterocycles. The van der Waals surface area contributed by atoms with Gasteiger partial charge < -0.3 is 20.1 Å². The summed E-state index contributed by atoms with van der Waals surface area (Å²) in [7, 11) is 0. The molecule has 1 aliphatic heterocycles. The standard InChI is InChI=1S/C27H19Cl2N3O8/c28-16-2-6-18(7-3-16)30-22(33)13-39-24(35)12-32-25(36)20-10-1-15(11-21(20)26(32)37)27(38)40-14-23(34)31-19-8-4-17(29)5-9-19/h1-11H,12-14H2,(H,30,33)(H,31,34). The summed E-state index contributed by atoms with van der Waals surface area (Å²) in [6.45, 7) is -1.99. The van der Waals surface area contributed by atoms with Gasteiger partial charge in [-0.1, -0.05) is 23.2 Å². The minimum Gasteiger partial charge on any atom is -0.454 e. The monoisotopic (exact) mass is 583 g/mol. The van der Waals surface area contributed by atoms with Gasteiger partial charge in [-0.3, -0.25) is 28.9 Å². The van der Waals surface area contributed by atoms with Crippen LogP contribution in [0.25, 0.3) is 0 Å². The van der Waals surface area contributed by atoms with Crippen molar-refractivity contribution >= 4 is 70.1 Å². The number of hydrogen-bond donors (Lipinski definition) is 2. The van der Waals surface area contributed by atoms with Crippen molar-refractivity contribution in [3.05, 3.63) is 93.5 Å². The Labute approximate surface area is 236 Å². The van der Waals surface area contributed by atoms with Gasteiger partial charge in [0.1, 0.15) is 6.54 Å². The molecule has 1 heterocycles. The number of benzene rings is 3. The van der Waals surface area contributed by atoms with Crippen LogP contribution in [0.4, 0.5) is 11.4 Å². The lowest BCUT2D eigenvalue weighted by molar-refractivity contribution is -0.147. The van der Waals surface area contributed by atoms with Crippen LogP contribution >= 0.6 is 23.2 Å². The highest BCUT2D eigenvalue weighted by atomic mass is 35.5. The van der Waals surface area contributed by atoms with Gasteiger partial charge in [0.2, 0.25) is 0 Å². The minimum atomic E-state index is -0.993. The van der Waals surface area contributed by atoms with Gasteiger partial charge in [-0.2, -0.15) is 0 Å². The molecule has 1 aliphatic rings. The van der Waals surface area contributed by atoms with E-state index in [1.807, 2.05) is 0 Å². The molecule has 11 nitrogen and oxygen atoms in total. The molecule has 4 amide bonds. The Hall–Kier alpha value is -4.74. The Kier molecular flexibility index (Phi) is 8.77. The number of halogens is 2. The van der Waals surface area contributed by atoms with Crippen molar-refractivity contribution in [2.75, 3.05) is 30.4 Å². The van der Waals surface area contributed by atoms with Gasteiger partial charge in [-0.15, -0.1) is 0 Å². The number of carbonyl (C=O) groups is 6. The molecule has 40 heavy (non-hydrogen) atoms. The lowest BCUT2D eigenvalue weighted by Crippen LogP contribution is -2.36. The smallest absolute Gasteiger partial charge is 0.338 e. The largest absolute Gasteiger partial charge is 0.454 e. The second-order valence-electron chi connectivity index (χ2n) is 8.30. The van der Waals surface area contributed by atoms with Crippen LogP contribution in [-0.2, 0) is 23.9 Å². The lowest BCUT2D eigenvalue weighted by atomic mass is 10.1. The van der Waals surface area contributed by atoms with E-state index in [-0.39, 0.29) is 16.7 Å². The summed E-state index contributed by atoms with van der Waals surface area (Å²) in [5, 5.41) is 6.00. The first-order valence-corrected chi connectivity index (χ1v) is 12.3. The number of anilines is 2. The lowest BCUT2D eigenvalue weighted by Gasteiger charge is -2.13. The maximum absolute atomic E-state index is 12.8. The molecule has 0 aliphatic carbocycles. The summed E-state index contributed by atoms with van der Waals surface area (Å²) in [4.78, 5) is 74.8. The molecule has 0 fully saturated rings. The Bertz CT molecular complexity index is 1510. The maximum Gasteiger partial charge on any atom is 0.338 e. The first-order chi connectivity index (χ1) is 19.1. The van der Waals surface area contributed by atoms with Crippen molar-refractivity contribution in [3.8, 4) is 0 Å². The average Bonchev–Trinajstić information content (AvgIpc) is 3.17. The van der Waals surface area contributed by atoms with Crippen LogP contribution in [-0.4, -0.2) is 60.2 Å². The molecule has 204 valence electrons. The molecular formula is C27H19Cl2N3O8. The first-order valence-electron chi connectivity index (χ1n) is 11.5. The predicted octanol–water partition coefficient (Wildman–Crippen LogP) is 3.57. The number of esters is 2. The van der Waals surface area contributed by atoms with Crippen LogP contribution in [0.3, 0.4) is 0 Å². The zero-order valence-electron chi connectivity index (χ0n) is 20.4. The molecule has 2 N–H and O–H groups in total. The van der Waals surface area contributed by atoms with Crippen LogP contribution in [0.15, 0.2) is 66.7 Å². The number of amides is 4. The van der Waals surface area contributed by atoms with E-state index < -0.39 is 55.3 Å². The summed E-state index contributed by atoms with van der Waals surface area (Å²) >= 11 is 11.6. The van der Waals surface area contributed by atoms with E-state index in [1.54, 1.807) is 48.5 Å². The van der Waals surface area contributed by atoms with E-state index in [4.69, 9.17) is 32.7 Å². The molecule has 0 bridgehead atoms. The van der Waals surface area contributed by atoms with Gasteiger partial charge in [-0.05, 0) is 66.7 Å². The Morgan fingerprint density at radius 1 is 0.675 bits per heavy atom. The van der Waals surface area contributed by atoms with E-state index in [0.717, 1.165) is 6.07 Å². The van der Waals surface area contributed by atoms with Gasteiger partial charge in [-0.25, -0.2) is 4.79 Å². The van der Waals surface area contributed by atoms with Crippen LogP contribution < -0.4 is 10.6 Å². The van der Waals surface area contributed by atoms with E-state index in [9.17, 15) is 28.8 Å². The molecule has 0 unspecified atom stereocenters. The van der Waals surface area contributed by atoms with Crippen molar-refractivity contribution in [1.29, 1.82) is 0 Å². The number of carbonyl (C=O) groups excluding carboxylic acids is 6. The van der Waals surface area contributed by atoms with Crippen molar-refractivity contribution < 1.29 is 38.2 Å². The minimum absolute atomic E-state index is 0.0321. The van der Waals surface area contributed by atoms with Crippen molar-refractivity contribution in [2.45, 2.75) is 0 Å². The Morgan fingerprint density at radius 2 is 1.18 bits per heavy atom. The fraction of sp³-hybridized carbons (Fsp3) is 0.111. The van der Waals surface area contributed by atoms with Gasteiger partial charge in [0.25, 0.3) is 23.6 Å². The molecule has 3 aromatic carbocycles. The number of nitrogens with zero attached hydrogens (tertiary/aromatic N) is 1. The number of ether oxygens (including phenoxy) is 2. The third-order valence-electron chi connectivity index (χ3n) is 5.45. The molecule has 0 saturated carbocycles. The summed E-state index contributed by atoms with van der Waals surface area (Å²) in [6.07, 6.45) is 0. The van der Waals surface area contributed by atoms with Crippen LogP contribution in [0.5, 0.6) is 0 Å². The number of rotatable bonds is 9. The highest BCUT2D eigenvalue weighted by Gasteiger charge is 2.37. The van der Waals surface area contributed by atoms with Gasteiger partial charge in [0.15, 0.2) is 13.2 Å². The van der Waals surface area contributed by atoms with Gasteiger partial charge >= 0.3 is 11.9 Å². The number of fused-ring (bicyclic) bond motifs is 1. The second-order valence-corrected chi connectivity index (χ2v) is 9.18. The number of hydrogen-bond acceptors (Lipinski definition) is 8. The van der Waals surface area contributed by atoms with E-state index in [2.05, 4.69) is 10.6 Å². The quantitative estimate of drug-likeness (QED) is 0.287. The van der Waals surface area contributed by atoms with Crippen LogP contribution in [0, 0.1) is 0 Å². The Balaban J connectivity index is 1.29. The molecule has 13 heteroatoms. The second kappa shape index (κ2) is 12.4. The van der Waals surface area contributed by atoms with Gasteiger partial charge in [0, 0.05) is 21.4 Å². The third kappa shape index (κ3) is 7.01. The zero-order valence-corrected chi connectivity index (χ0v) is 22.0. The van der Waals surface area contributed by atoms with E-state index in [1.165, 1.54) is 12.1 Å². The normalized spacial score (nSPS) is 12.0. The summed E-state index contributed by atoms with van der Waals surface area (Å²) < 4.78 is 9.88. The van der Waals surface area contributed by atoms with Crippen LogP contribution in [0.1, 0.15) is 31.1 Å².